The van der Waals surface area contributed by atoms with Crippen molar-refractivity contribution in [3.8, 4) is 11.4 Å². The minimum absolute atomic E-state index is 0.631. The summed E-state index contributed by atoms with van der Waals surface area (Å²) >= 11 is 0. The Kier molecular flexibility index (Phi) is 1.87. The van der Waals surface area contributed by atoms with E-state index in [-0.39, 0.29) is 0 Å². The van der Waals surface area contributed by atoms with Gasteiger partial charge in [0.05, 0.1) is 0 Å². The minimum Gasteiger partial charge on any atom is -0.310 e. The lowest BCUT2D eigenvalue weighted by Gasteiger charge is -2.06. The van der Waals surface area contributed by atoms with E-state index in [1.54, 1.807) is 0 Å². The highest BCUT2D eigenvalue weighted by molar-refractivity contribution is 5.58. The topological polar surface area (TPSA) is 42.7 Å². The highest BCUT2D eigenvalue weighted by Gasteiger charge is 2.26. The van der Waals surface area contributed by atoms with Gasteiger partial charge in [0.2, 0.25) is 0 Å². The maximum atomic E-state index is 4.27. The van der Waals surface area contributed by atoms with Crippen LogP contribution in [0.3, 0.4) is 0 Å². The lowest BCUT2D eigenvalue weighted by Crippen LogP contribution is -2.00. The van der Waals surface area contributed by atoms with Gasteiger partial charge < -0.3 is 9.88 Å². The summed E-state index contributed by atoms with van der Waals surface area (Å²) in [7, 11) is 0. The van der Waals surface area contributed by atoms with Crippen LogP contribution >= 0.6 is 0 Å². The van der Waals surface area contributed by atoms with Crippen molar-refractivity contribution in [2.75, 3.05) is 0 Å². The Balaban J connectivity index is 1.80. The second-order valence-electron chi connectivity index (χ2n) is 4.88. The average Bonchev–Trinajstić information content (AvgIpc) is 2.93. The molecule has 1 aliphatic carbocycles. The van der Waals surface area contributed by atoms with Crippen LogP contribution in [-0.4, -0.2) is 14.8 Å². The van der Waals surface area contributed by atoms with Crippen LogP contribution in [0, 0.1) is 0 Å². The standard InChI is InChI=1S/C13H14N4/c1-2-10-6-14-7-11(10)5-9(1)13-16-15-8-17(13)12-3-4-12/h1-2,5,8,12,14H,3-4,6-7H2. The molecule has 86 valence electrons. The van der Waals surface area contributed by atoms with Gasteiger partial charge in [-0.05, 0) is 30.0 Å². The number of benzene rings is 1. The van der Waals surface area contributed by atoms with Crippen LogP contribution in [0.2, 0.25) is 0 Å². The van der Waals surface area contributed by atoms with Gasteiger partial charge in [0.1, 0.15) is 6.33 Å². The first-order valence-electron chi connectivity index (χ1n) is 6.14. The van der Waals surface area contributed by atoms with Gasteiger partial charge in [-0.25, -0.2) is 0 Å². The number of rotatable bonds is 2. The van der Waals surface area contributed by atoms with Crippen molar-refractivity contribution in [2.24, 2.45) is 0 Å². The first-order chi connectivity index (χ1) is 8.42. The average molecular weight is 226 g/mol. The van der Waals surface area contributed by atoms with Crippen LogP contribution in [0.25, 0.3) is 11.4 Å². The molecule has 2 aliphatic rings. The quantitative estimate of drug-likeness (QED) is 0.850. The summed E-state index contributed by atoms with van der Waals surface area (Å²) in [5.41, 5.74) is 4.00. The third-order valence-electron chi connectivity index (χ3n) is 3.61. The summed E-state index contributed by atoms with van der Waals surface area (Å²) in [4.78, 5) is 0. The largest absolute Gasteiger partial charge is 0.310 e. The van der Waals surface area contributed by atoms with Gasteiger partial charge >= 0.3 is 0 Å². The van der Waals surface area contributed by atoms with Crippen LogP contribution in [0.15, 0.2) is 24.5 Å². The zero-order chi connectivity index (χ0) is 11.2. The van der Waals surface area contributed by atoms with Gasteiger partial charge in [-0.1, -0.05) is 12.1 Å². The molecule has 1 N–H and O–H groups in total. The maximum absolute atomic E-state index is 4.27. The lowest BCUT2D eigenvalue weighted by atomic mass is 10.1. The molecule has 0 amide bonds. The van der Waals surface area contributed by atoms with Gasteiger partial charge in [-0.2, -0.15) is 0 Å². The van der Waals surface area contributed by atoms with Crippen molar-refractivity contribution in [3.05, 3.63) is 35.7 Å². The number of nitrogens with zero attached hydrogens (tertiary/aromatic N) is 3. The van der Waals surface area contributed by atoms with Crippen molar-refractivity contribution in [1.82, 2.24) is 20.1 Å². The van der Waals surface area contributed by atoms with Gasteiger partial charge in [0.25, 0.3) is 0 Å². The van der Waals surface area contributed by atoms with Crippen LogP contribution in [-0.2, 0) is 13.1 Å². The van der Waals surface area contributed by atoms with Crippen LogP contribution < -0.4 is 5.32 Å². The third-order valence-corrected chi connectivity index (χ3v) is 3.61. The maximum Gasteiger partial charge on any atom is 0.164 e. The van der Waals surface area contributed by atoms with E-state index in [2.05, 4.69) is 38.3 Å². The highest BCUT2D eigenvalue weighted by atomic mass is 15.3. The molecule has 0 saturated heterocycles. The molecular weight excluding hydrogens is 212 g/mol. The van der Waals surface area contributed by atoms with Crippen LogP contribution in [0.4, 0.5) is 0 Å². The first-order valence-corrected chi connectivity index (χ1v) is 6.14. The number of hydrogen-bond donors (Lipinski definition) is 1. The summed E-state index contributed by atoms with van der Waals surface area (Å²) in [5, 5.41) is 11.7. The number of aromatic nitrogens is 3. The Morgan fingerprint density at radius 2 is 2.06 bits per heavy atom. The Hall–Kier alpha value is -1.68. The molecule has 0 atom stereocenters. The molecule has 1 aliphatic heterocycles. The van der Waals surface area contributed by atoms with Crippen molar-refractivity contribution in [2.45, 2.75) is 32.0 Å². The Morgan fingerprint density at radius 1 is 1.18 bits per heavy atom. The zero-order valence-corrected chi connectivity index (χ0v) is 9.56. The van der Waals surface area contributed by atoms with Crippen molar-refractivity contribution >= 4 is 0 Å². The summed E-state index contributed by atoms with van der Waals surface area (Å²) < 4.78 is 2.21. The minimum atomic E-state index is 0.631. The van der Waals surface area contributed by atoms with Crippen LogP contribution in [0.1, 0.15) is 30.0 Å². The van der Waals surface area contributed by atoms with E-state index in [4.69, 9.17) is 0 Å². The molecule has 2 aromatic rings. The SMILES string of the molecule is c1cc2c(cc1-c1nncn1C1CC1)CNC2. The van der Waals surface area contributed by atoms with E-state index >= 15 is 0 Å². The summed E-state index contributed by atoms with van der Waals surface area (Å²) in [6.45, 7) is 1.96. The third kappa shape index (κ3) is 1.48. The smallest absolute Gasteiger partial charge is 0.164 e. The molecule has 4 heteroatoms. The fraction of sp³-hybridized carbons (Fsp3) is 0.385. The highest BCUT2D eigenvalue weighted by Crippen LogP contribution is 2.37. The van der Waals surface area contributed by atoms with Crippen LogP contribution in [0.5, 0.6) is 0 Å². The zero-order valence-electron chi connectivity index (χ0n) is 9.56. The van der Waals surface area contributed by atoms with Crippen molar-refractivity contribution < 1.29 is 0 Å². The Morgan fingerprint density at radius 3 is 2.94 bits per heavy atom. The molecule has 0 unspecified atom stereocenters. The molecule has 2 heterocycles. The fourth-order valence-electron chi connectivity index (χ4n) is 2.50. The first kappa shape index (κ1) is 9.36. The van der Waals surface area contributed by atoms with Gasteiger partial charge in [-0.15, -0.1) is 10.2 Å². The number of fused-ring (bicyclic) bond motifs is 1. The Bertz CT molecular complexity index is 569. The number of nitrogens with one attached hydrogen (secondary N) is 1. The second-order valence-corrected chi connectivity index (χ2v) is 4.88. The molecule has 1 fully saturated rings. The van der Waals surface area contributed by atoms with E-state index in [9.17, 15) is 0 Å². The lowest BCUT2D eigenvalue weighted by molar-refractivity contribution is 0.746. The monoisotopic (exact) mass is 226 g/mol. The molecule has 0 bridgehead atoms. The fourth-order valence-corrected chi connectivity index (χ4v) is 2.50. The second kappa shape index (κ2) is 3.40. The molecule has 1 saturated carbocycles. The van der Waals surface area contributed by atoms with E-state index in [0.29, 0.717) is 6.04 Å². The van der Waals surface area contributed by atoms with Gasteiger partial charge in [0, 0.05) is 24.7 Å². The predicted molar refractivity (Wildman–Crippen MR) is 64.3 cm³/mol. The molecular formula is C13H14N4. The normalized spacial score (nSPS) is 18.4. The predicted octanol–water partition coefficient (Wildman–Crippen LogP) is 1.88. The summed E-state index contributed by atoms with van der Waals surface area (Å²) in [6.07, 6.45) is 4.38. The summed E-state index contributed by atoms with van der Waals surface area (Å²) in [6, 6.07) is 7.25. The number of hydrogen-bond acceptors (Lipinski definition) is 3. The molecule has 17 heavy (non-hydrogen) atoms. The van der Waals surface area contributed by atoms with E-state index < -0.39 is 0 Å². The van der Waals surface area contributed by atoms with Gasteiger partial charge in [-0.3, -0.25) is 0 Å². The van der Waals surface area contributed by atoms with Gasteiger partial charge in [0.15, 0.2) is 5.82 Å². The summed E-state index contributed by atoms with van der Waals surface area (Å²) in [5.74, 6) is 1.02. The molecule has 0 spiro atoms. The Labute approximate surface area is 99.7 Å². The van der Waals surface area contributed by atoms with E-state index in [1.165, 1.54) is 29.5 Å². The van der Waals surface area contributed by atoms with Crippen molar-refractivity contribution in [3.63, 3.8) is 0 Å². The molecule has 1 aromatic carbocycles. The van der Waals surface area contributed by atoms with Crippen molar-refractivity contribution in [1.29, 1.82) is 0 Å². The van der Waals surface area contributed by atoms with E-state index in [0.717, 1.165) is 18.9 Å². The molecule has 0 radical (unpaired) electrons. The molecule has 4 rings (SSSR count). The molecule has 1 aromatic heterocycles. The van der Waals surface area contributed by atoms with E-state index in [1.807, 2.05) is 6.33 Å². The molecule has 4 nitrogen and oxygen atoms in total.